The van der Waals surface area contributed by atoms with Crippen molar-refractivity contribution in [3.05, 3.63) is 12.2 Å². The zero-order valence-corrected chi connectivity index (χ0v) is 28.7. The van der Waals surface area contributed by atoms with Crippen LogP contribution in [0.2, 0.25) is 0 Å². The van der Waals surface area contributed by atoms with Gasteiger partial charge in [-0.15, -0.1) is 0 Å². The molecule has 0 amide bonds. The lowest BCUT2D eigenvalue weighted by atomic mass is 10.0. The summed E-state index contributed by atoms with van der Waals surface area (Å²) in [7, 11) is 0. The summed E-state index contributed by atoms with van der Waals surface area (Å²) in [5, 5.41) is 9.52. The van der Waals surface area contributed by atoms with Crippen LogP contribution in [0.25, 0.3) is 0 Å². The van der Waals surface area contributed by atoms with E-state index in [1.165, 1.54) is 128 Å². The Bertz CT molecular complexity index is 617. The highest BCUT2D eigenvalue weighted by Gasteiger charge is 2.16. The Hall–Kier alpha value is -1.36. The van der Waals surface area contributed by atoms with E-state index in [0.717, 1.165) is 44.9 Å². The fraction of sp³-hybridized carbons (Fsp3) is 0.895. The van der Waals surface area contributed by atoms with Crippen LogP contribution in [-0.2, 0) is 19.1 Å². The SMILES string of the molecule is CCCCC/C=C\CCCCCCCC(=O)OC[C@H](CO)OC(=O)CCCCCCCCCCCCCCCCCCC. The highest BCUT2D eigenvalue weighted by Crippen LogP contribution is 2.15. The average Bonchev–Trinajstić information content (AvgIpc) is 3.01. The van der Waals surface area contributed by atoms with Gasteiger partial charge in [-0.1, -0.05) is 161 Å². The highest BCUT2D eigenvalue weighted by atomic mass is 16.6. The van der Waals surface area contributed by atoms with Crippen LogP contribution >= 0.6 is 0 Å². The molecule has 0 aliphatic heterocycles. The van der Waals surface area contributed by atoms with Gasteiger partial charge in [0.15, 0.2) is 6.10 Å². The second kappa shape index (κ2) is 35.1. The first kappa shape index (κ1) is 41.6. The molecule has 43 heavy (non-hydrogen) atoms. The Morgan fingerprint density at radius 1 is 0.512 bits per heavy atom. The van der Waals surface area contributed by atoms with Crippen molar-refractivity contribution in [1.29, 1.82) is 0 Å². The number of aliphatic hydroxyl groups excluding tert-OH is 1. The Labute approximate surface area is 267 Å². The summed E-state index contributed by atoms with van der Waals surface area (Å²) in [6, 6.07) is 0. The summed E-state index contributed by atoms with van der Waals surface area (Å²) >= 11 is 0. The van der Waals surface area contributed by atoms with E-state index in [0.29, 0.717) is 12.8 Å². The van der Waals surface area contributed by atoms with Gasteiger partial charge in [0, 0.05) is 12.8 Å². The molecule has 0 aliphatic carbocycles. The summed E-state index contributed by atoms with van der Waals surface area (Å²) in [6.07, 6.45) is 38.4. The number of carbonyl (C=O) groups is 2. The number of allylic oxidation sites excluding steroid dienone is 2. The van der Waals surface area contributed by atoms with Gasteiger partial charge in [-0.05, 0) is 38.5 Å². The monoisotopic (exact) mass is 609 g/mol. The number of aliphatic hydroxyl groups is 1. The van der Waals surface area contributed by atoms with Crippen molar-refractivity contribution in [1.82, 2.24) is 0 Å². The van der Waals surface area contributed by atoms with Crippen molar-refractivity contribution in [3.8, 4) is 0 Å². The molecule has 0 aromatic rings. The quantitative estimate of drug-likeness (QED) is 0.0447. The summed E-state index contributed by atoms with van der Waals surface area (Å²) in [5.41, 5.74) is 0. The van der Waals surface area contributed by atoms with Gasteiger partial charge in [0.25, 0.3) is 0 Å². The molecule has 0 aliphatic rings. The summed E-state index contributed by atoms with van der Waals surface area (Å²) < 4.78 is 10.6. The zero-order chi connectivity index (χ0) is 31.5. The van der Waals surface area contributed by atoms with Crippen LogP contribution in [0.5, 0.6) is 0 Å². The standard InChI is InChI=1S/C38H72O5/c1-3-5-7-9-11-13-15-17-18-19-20-21-23-25-27-29-31-33-38(41)43-36(34-39)35-42-37(40)32-30-28-26-24-22-16-14-12-10-8-6-4-2/h12,14,36,39H,3-11,13,15-35H2,1-2H3/b14-12-/t36-/m0/s1. The normalized spacial score (nSPS) is 12.2. The highest BCUT2D eigenvalue weighted by molar-refractivity contribution is 5.70. The molecule has 0 saturated carbocycles. The third kappa shape index (κ3) is 33.4. The molecule has 0 bridgehead atoms. The minimum absolute atomic E-state index is 0.0648. The first-order valence-electron chi connectivity index (χ1n) is 18.7. The fourth-order valence-corrected chi connectivity index (χ4v) is 5.43. The number of rotatable bonds is 34. The van der Waals surface area contributed by atoms with Crippen molar-refractivity contribution in [2.24, 2.45) is 0 Å². The number of unbranched alkanes of at least 4 members (excludes halogenated alkanes) is 24. The van der Waals surface area contributed by atoms with Crippen LogP contribution < -0.4 is 0 Å². The Morgan fingerprint density at radius 2 is 0.860 bits per heavy atom. The molecule has 0 fully saturated rings. The number of carbonyl (C=O) groups excluding carboxylic acids is 2. The molecule has 0 radical (unpaired) electrons. The number of hydrogen-bond donors (Lipinski definition) is 1. The molecule has 0 saturated heterocycles. The van der Waals surface area contributed by atoms with E-state index in [1.54, 1.807) is 0 Å². The van der Waals surface area contributed by atoms with Gasteiger partial charge in [0.1, 0.15) is 6.61 Å². The van der Waals surface area contributed by atoms with E-state index in [9.17, 15) is 14.7 Å². The minimum atomic E-state index is -0.766. The molecule has 0 unspecified atom stereocenters. The molecule has 0 heterocycles. The van der Waals surface area contributed by atoms with Crippen molar-refractivity contribution >= 4 is 11.9 Å². The third-order valence-corrected chi connectivity index (χ3v) is 8.31. The van der Waals surface area contributed by atoms with Gasteiger partial charge in [-0.2, -0.15) is 0 Å². The smallest absolute Gasteiger partial charge is 0.306 e. The molecule has 0 spiro atoms. The van der Waals surface area contributed by atoms with Gasteiger partial charge < -0.3 is 14.6 Å². The van der Waals surface area contributed by atoms with Gasteiger partial charge in [-0.25, -0.2) is 0 Å². The molecule has 1 N–H and O–H groups in total. The molecule has 0 aromatic heterocycles. The lowest BCUT2D eigenvalue weighted by molar-refractivity contribution is -0.161. The first-order valence-corrected chi connectivity index (χ1v) is 18.7. The van der Waals surface area contributed by atoms with Crippen LogP contribution in [0, 0.1) is 0 Å². The van der Waals surface area contributed by atoms with Crippen molar-refractivity contribution in [2.75, 3.05) is 13.2 Å². The minimum Gasteiger partial charge on any atom is -0.462 e. The van der Waals surface area contributed by atoms with E-state index in [-0.39, 0.29) is 25.2 Å². The Morgan fingerprint density at radius 3 is 1.30 bits per heavy atom. The maximum Gasteiger partial charge on any atom is 0.306 e. The van der Waals surface area contributed by atoms with Crippen LogP contribution in [-0.4, -0.2) is 36.4 Å². The van der Waals surface area contributed by atoms with Crippen molar-refractivity contribution in [2.45, 2.75) is 206 Å². The van der Waals surface area contributed by atoms with E-state index in [2.05, 4.69) is 26.0 Å². The molecule has 5 heteroatoms. The van der Waals surface area contributed by atoms with Crippen LogP contribution in [0.1, 0.15) is 200 Å². The third-order valence-electron chi connectivity index (χ3n) is 8.31. The van der Waals surface area contributed by atoms with Crippen LogP contribution in [0.15, 0.2) is 12.2 Å². The van der Waals surface area contributed by atoms with E-state index < -0.39 is 6.10 Å². The topological polar surface area (TPSA) is 72.8 Å². The molecule has 254 valence electrons. The lowest BCUT2D eigenvalue weighted by Gasteiger charge is -2.15. The predicted molar refractivity (Wildman–Crippen MR) is 182 cm³/mol. The number of ether oxygens (including phenoxy) is 2. The Kier molecular flexibility index (Phi) is 34.0. The molecule has 5 nitrogen and oxygen atoms in total. The predicted octanol–water partition coefficient (Wildman–Crippen LogP) is 11.3. The summed E-state index contributed by atoms with van der Waals surface area (Å²) in [5.74, 6) is -0.593. The average molecular weight is 609 g/mol. The van der Waals surface area contributed by atoms with Crippen LogP contribution in [0.4, 0.5) is 0 Å². The van der Waals surface area contributed by atoms with E-state index in [4.69, 9.17) is 9.47 Å². The van der Waals surface area contributed by atoms with Gasteiger partial charge in [0.05, 0.1) is 6.61 Å². The maximum absolute atomic E-state index is 12.1. The van der Waals surface area contributed by atoms with Gasteiger partial charge >= 0.3 is 11.9 Å². The van der Waals surface area contributed by atoms with Crippen LogP contribution in [0.3, 0.4) is 0 Å². The van der Waals surface area contributed by atoms with Crippen molar-refractivity contribution < 1.29 is 24.2 Å². The van der Waals surface area contributed by atoms with Gasteiger partial charge in [0.2, 0.25) is 0 Å². The van der Waals surface area contributed by atoms with Gasteiger partial charge in [-0.3, -0.25) is 9.59 Å². The Balaban J connectivity index is 3.52. The van der Waals surface area contributed by atoms with E-state index >= 15 is 0 Å². The fourth-order valence-electron chi connectivity index (χ4n) is 5.43. The zero-order valence-electron chi connectivity index (χ0n) is 28.7. The number of hydrogen-bond acceptors (Lipinski definition) is 5. The second-order valence-electron chi connectivity index (χ2n) is 12.7. The lowest BCUT2D eigenvalue weighted by Crippen LogP contribution is -2.28. The largest absolute Gasteiger partial charge is 0.462 e. The first-order chi connectivity index (χ1) is 21.1. The summed E-state index contributed by atoms with van der Waals surface area (Å²) in [4.78, 5) is 24.2. The van der Waals surface area contributed by atoms with E-state index in [1.807, 2.05) is 0 Å². The molecule has 0 aromatic carbocycles. The molecule has 1 atom stereocenters. The second-order valence-corrected chi connectivity index (χ2v) is 12.7. The molecular formula is C38H72O5. The molecule has 0 rings (SSSR count). The summed E-state index contributed by atoms with van der Waals surface area (Å²) in [6.45, 7) is 4.11. The maximum atomic E-state index is 12.1. The number of esters is 2. The van der Waals surface area contributed by atoms with Crippen molar-refractivity contribution in [3.63, 3.8) is 0 Å². The molecular weight excluding hydrogens is 536 g/mol.